The van der Waals surface area contributed by atoms with Crippen LogP contribution in [0.2, 0.25) is 0 Å². The van der Waals surface area contributed by atoms with Gasteiger partial charge in [0.05, 0.1) is 11.1 Å². The topological polar surface area (TPSA) is 43.4 Å². The standard InChI is InChI=1S/C17H12Cl2O3/c1-17(2)11-7-3-5-9(15(18)20)13(11)22-14-10(16(19)21)6-4-8-12(14)17/h3-8H,1-2H3. The summed E-state index contributed by atoms with van der Waals surface area (Å²) in [5, 5.41) is -1.21. The van der Waals surface area contributed by atoms with Crippen LogP contribution in [-0.2, 0) is 5.41 Å². The third-order valence-electron chi connectivity index (χ3n) is 4.00. The van der Waals surface area contributed by atoms with Crippen LogP contribution in [0.25, 0.3) is 0 Å². The molecule has 3 nitrogen and oxygen atoms in total. The molecule has 3 rings (SSSR count). The van der Waals surface area contributed by atoms with Crippen molar-refractivity contribution in [3.8, 4) is 11.5 Å². The summed E-state index contributed by atoms with van der Waals surface area (Å²) in [4.78, 5) is 23.3. The molecule has 0 saturated carbocycles. The van der Waals surface area contributed by atoms with Crippen LogP contribution >= 0.6 is 23.2 Å². The lowest BCUT2D eigenvalue weighted by Crippen LogP contribution is -2.26. The van der Waals surface area contributed by atoms with E-state index >= 15 is 0 Å². The molecule has 22 heavy (non-hydrogen) atoms. The van der Waals surface area contributed by atoms with E-state index in [4.69, 9.17) is 27.9 Å². The first-order chi connectivity index (χ1) is 10.3. The van der Waals surface area contributed by atoms with Crippen molar-refractivity contribution in [2.75, 3.05) is 0 Å². The van der Waals surface area contributed by atoms with Crippen LogP contribution < -0.4 is 4.74 Å². The van der Waals surface area contributed by atoms with E-state index in [2.05, 4.69) is 0 Å². The van der Waals surface area contributed by atoms with Gasteiger partial charge < -0.3 is 4.74 Å². The molecular weight excluding hydrogens is 323 g/mol. The molecule has 2 aromatic carbocycles. The van der Waals surface area contributed by atoms with Crippen molar-refractivity contribution in [3.63, 3.8) is 0 Å². The summed E-state index contributed by atoms with van der Waals surface area (Å²) in [5.74, 6) is 0.760. The fourth-order valence-corrected chi connectivity index (χ4v) is 3.13. The molecule has 0 atom stereocenters. The van der Waals surface area contributed by atoms with Crippen molar-refractivity contribution in [2.24, 2.45) is 0 Å². The molecule has 0 aromatic heterocycles. The number of rotatable bonds is 2. The van der Waals surface area contributed by atoms with E-state index in [-0.39, 0.29) is 11.1 Å². The third kappa shape index (κ3) is 2.13. The van der Waals surface area contributed by atoms with Gasteiger partial charge in [-0.15, -0.1) is 0 Å². The predicted octanol–water partition coefficient (Wildman–Crippen LogP) is 4.88. The first-order valence-electron chi connectivity index (χ1n) is 6.68. The minimum Gasteiger partial charge on any atom is -0.455 e. The van der Waals surface area contributed by atoms with Gasteiger partial charge in [0.2, 0.25) is 0 Å². The monoisotopic (exact) mass is 334 g/mol. The summed E-state index contributed by atoms with van der Waals surface area (Å²) in [6.45, 7) is 4.00. The van der Waals surface area contributed by atoms with Crippen molar-refractivity contribution in [3.05, 3.63) is 58.7 Å². The highest BCUT2D eigenvalue weighted by molar-refractivity contribution is 6.68. The molecule has 2 aromatic rings. The van der Waals surface area contributed by atoms with Crippen molar-refractivity contribution in [1.29, 1.82) is 0 Å². The highest BCUT2D eigenvalue weighted by Crippen LogP contribution is 2.50. The van der Waals surface area contributed by atoms with Crippen LogP contribution in [0.3, 0.4) is 0 Å². The van der Waals surface area contributed by atoms with Crippen LogP contribution in [-0.4, -0.2) is 10.5 Å². The molecule has 1 heterocycles. The van der Waals surface area contributed by atoms with Gasteiger partial charge in [-0.25, -0.2) is 0 Å². The van der Waals surface area contributed by atoms with Gasteiger partial charge in [0.1, 0.15) is 11.5 Å². The Morgan fingerprint density at radius 3 is 1.64 bits per heavy atom. The number of benzene rings is 2. The van der Waals surface area contributed by atoms with Gasteiger partial charge >= 0.3 is 0 Å². The zero-order valence-corrected chi connectivity index (χ0v) is 13.5. The first kappa shape index (κ1) is 15.1. The largest absolute Gasteiger partial charge is 0.455 e. The number of carbonyl (C=O) groups excluding carboxylic acids is 2. The van der Waals surface area contributed by atoms with Gasteiger partial charge in [-0.3, -0.25) is 9.59 Å². The average Bonchev–Trinajstić information content (AvgIpc) is 2.46. The van der Waals surface area contributed by atoms with Gasteiger partial charge in [0, 0.05) is 16.5 Å². The number of hydrogen-bond acceptors (Lipinski definition) is 3. The molecular formula is C17H12Cl2O3. The van der Waals surface area contributed by atoms with Crippen molar-refractivity contribution >= 4 is 33.7 Å². The van der Waals surface area contributed by atoms with Crippen LogP contribution in [0.15, 0.2) is 36.4 Å². The van der Waals surface area contributed by atoms with Gasteiger partial charge in [0.25, 0.3) is 10.5 Å². The van der Waals surface area contributed by atoms with Crippen LogP contribution in [0.1, 0.15) is 45.7 Å². The number of hydrogen-bond donors (Lipinski definition) is 0. The summed E-state index contributed by atoms with van der Waals surface area (Å²) >= 11 is 11.3. The molecule has 0 amide bonds. The number of para-hydroxylation sites is 2. The lowest BCUT2D eigenvalue weighted by molar-refractivity contribution is 0.107. The number of carbonyl (C=O) groups is 2. The van der Waals surface area contributed by atoms with Crippen molar-refractivity contribution in [2.45, 2.75) is 19.3 Å². The molecule has 0 spiro atoms. The quantitative estimate of drug-likeness (QED) is 0.735. The second-order valence-electron chi connectivity index (χ2n) is 5.64. The maximum atomic E-state index is 11.7. The molecule has 5 heteroatoms. The minimum atomic E-state index is -0.606. The Bertz CT molecular complexity index is 744. The molecule has 0 unspecified atom stereocenters. The summed E-state index contributed by atoms with van der Waals surface area (Å²) in [7, 11) is 0. The Morgan fingerprint density at radius 2 is 1.27 bits per heavy atom. The Balaban J connectivity index is 2.33. The highest BCUT2D eigenvalue weighted by Gasteiger charge is 2.37. The fourth-order valence-electron chi connectivity index (χ4n) is 2.83. The molecule has 1 aliphatic heterocycles. The maximum Gasteiger partial charge on any atom is 0.256 e. The lowest BCUT2D eigenvalue weighted by atomic mass is 9.74. The zero-order valence-electron chi connectivity index (χ0n) is 11.9. The third-order valence-corrected chi connectivity index (χ3v) is 4.41. The number of fused-ring (bicyclic) bond motifs is 2. The molecule has 112 valence electrons. The van der Waals surface area contributed by atoms with E-state index in [1.54, 1.807) is 24.3 Å². The normalized spacial score (nSPS) is 14.5. The molecule has 0 N–H and O–H groups in total. The van der Waals surface area contributed by atoms with Crippen LogP contribution in [0.5, 0.6) is 11.5 Å². The van der Waals surface area contributed by atoms with Crippen LogP contribution in [0, 0.1) is 0 Å². The molecule has 1 aliphatic rings. The van der Waals surface area contributed by atoms with E-state index in [1.165, 1.54) is 0 Å². The van der Waals surface area contributed by atoms with E-state index in [1.807, 2.05) is 26.0 Å². The Kier molecular flexibility index (Phi) is 3.50. The SMILES string of the molecule is CC1(C)c2cccc(C(=O)Cl)c2Oc2c(C(=O)Cl)cccc21. The zero-order chi connectivity index (χ0) is 16.1. The molecule has 0 aliphatic carbocycles. The van der Waals surface area contributed by atoms with Gasteiger partial charge in [-0.05, 0) is 35.3 Å². The first-order valence-corrected chi connectivity index (χ1v) is 7.44. The summed E-state index contributed by atoms with van der Waals surface area (Å²) in [6.07, 6.45) is 0. The minimum absolute atomic E-state index is 0.273. The second-order valence-corrected chi connectivity index (χ2v) is 6.33. The van der Waals surface area contributed by atoms with E-state index in [0.717, 1.165) is 11.1 Å². The fraction of sp³-hybridized carbons (Fsp3) is 0.176. The maximum absolute atomic E-state index is 11.7. The summed E-state index contributed by atoms with van der Waals surface area (Å²) < 4.78 is 5.89. The molecule has 0 fully saturated rings. The number of halogens is 2. The predicted molar refractivity (Wildman–Crippen MR) is 85.5 cm³/mol. The summed E-state index contributed by atoms with van der Waals surface area (Å²) in [6, 6.07) is 10.5. The molecule has 0 saturated heterocycles. The van der Waals surface area contributed by atoms with E-state index in [0.29, 0.717) is 11.5 Å². The van der Waals surface area contributed by atoms with Crippen LogP contribution in [0.4, 0.5) is 0 Å². The Morgan fingerprint density at radius 1 is 0.864 bits per heavy atom. The smallest absolute Gasteiger partial charge is 0.256 e. The highest BCUT2D eigenvalue weighted by atomic mass is 35.5. The van der Waals surface area contributed by atoms with E-state index in [9.17, 15) is 9.59 Å². The second kappa shape index (κ2) is 5.11. The Hall–Kier alpha value is -1.84. The summed E-state index contributed by atoms with van der Waals surface area (Å²) in [5.41, 5.74) is 1.77. The van der Waals surface area contributed by atoms with Crippen molar-refractivity contribution < 1.29 is 14.3 Å². The van der Waals surface area contributed by atoms with Crippen molar-refractivity contribution in [1.82, 2.24) is 0 Å². The van der Waals surface area contributed by atoms with Gasteiger partial charge in [0.15, 0.2) is 0 Å². The molecule has 0 radical (unpaired) electrons. The lowest BCUT2D eigenvalue weighted by Gasteiger charge is -2.35. The Labute approximate surface area is 137 Å². The van der Waals surface area contributed by atoms with E-state index < -0.39 is 15.9 Å². The molecule has 0 bridgehead atoms. The van der Waals surface area contributed by atoms with Gasteiger partial charge in [-0.1, -0.05) is 38.1 Å². The number of ether oxygens (including phenoxy) is 1. The van der Waals surface area contributed by atoms with Gasteiger partial charge in [-0.2, -0.15) is 0 Å². The average molecular weight is 335 g/mol.